The largest absolute Gasteiger partial charge is 0.306 e. The van der Waals surface area contributed by atoms with Crippen LogP contribution in [0.1, 0.15) is 28.3 Å². The van der Waals surface area contributed by atoms with Gasteiger partial charge in [0.25, 0.3) is 0 Å². The lowest BCUT2D eigenvalue weighted by Crippen LogP contribution is -2.21. The van der Waals surface area contributed by atoms with Crippen molar-refractivity contribution in [3.8, 4) is 0 Å². The van der Waals surface area contributed by atoms with Crippen LogP contribution < -0.4 is 5.32 Å². The van der Waals surface area contributed by atoms with Crippen molar-refractivity contribution >= 4 is 45.5 Å². The molecular formula is C14H15ClINS. The Balaban J connectivity index is 2.44. The predicted octanol–water partition coefficient (Wildman–Crippen LogP) is 5.01. The van der Waals surface area contributed by atoms with Crippen molar-refractivity contribution in [2.75, 3.05) is 6.54 Å². The third kappa shape index (κ3) is 3.26. The van der Waals surface area contributed by atoms with Gasteiger partial charge < -0.3 is 5.32 Å². The molecule has 96 valence electrons. The van der Waals surface area contributed by atoms with Crippen LogP contribution in [0.15, 0.2) is 30.3 Å². The molecule has 0 bridgehead atoms. The molecule has 0 amide bonds. The monoisotopic (exact) mass is 391 g/mol. The summed E-state index contributed by atoms with van der Waals surface area (Å²) in [6.07, 6.45) is 0. The van der Waals surface area contributed by atoms with Gasteiger partial charge in [0.15, 0.2) is 0 Å². The zero-order valence-electron chi connectivity index (χ0n) is 10.3. The lowest BCUT2D eigenvalue weighted by Gasteiger charge is -2.18. The number of benzene rings is 1. The number of rotatable bonds is 4. The van der Waals surface area contributed by atoms with Gasteiger partial charge in [-0.3, -0.25) is 0 Å². The Labute approximate surface area is 131 Å². The quantitative estimate of drug-likeness (QED) is 0.722. The molecule has 2 rings (SSSR count). The topological polar surface area (TPSA) is 12.0 Å². The molecule has 1 heterocycles. The van der Waals surface area contributed by atoms with Crippen molar-refractivity contribution in [1.82, 2.24) is 5.32 Å². The van der Waals surface area contributed by atoms with Crippen LogP contribution in [0.2, 0.25) is 5.02 Å². The predicted molar refractivity (Wildman–Crippen MR) is 88.7 cm³/mol. The van der Waals surface area contributed by atoms with Gasteiger partial charge in [-0.1, -0.05) is 18.5 Å². The fourth-order valence-electron chi connectivity index (χ4n) is 1.91. The van der Waals surface area contributed by atoms with Gasteiger partial charge >= 0.3 is 0 Å². The van der Waals surface area contributed by atoms with E-state index in [2.05, 4.69) is 66.0 Å². The average Bonchev–Trinajstić information content (AvgIpc) is 2.76. The first-order valence-electron chi connectivity index (χ1n) is 5.86. The Bertz CT molecular complexity index is 538. The molecule has 1 unspecified atom stereocenters. The molecule has 0 aliphatic heterocycles. The Hall–Kier alpha value is -0.100. The Morgan fingerprint density at radius 3 is 2.72 bits per heavy atom. The fraction of sp³-hybridized carbons (Fsp3) is 0.286. The summed E-state index contributed by atoms with van der Waals surface area (Å²) in [6, 6.07) is 10.7. The van der Waals surface area contributed by atoms with Gasteiger partial charge in [0.2, 0.25) is 0 Å². The zero-order valence-corrected chi connectivity index (χ0v) is 14.1. The second-order valence-corrected chi connectivity index (χ2v) is 7.02. The zero-order chi connectivity index (χ0) is 13.1. The molecule has 1 aromatic heterocycles. The number of hydrogen-bond donors (Lipinski definition) is 1. The second kappa shape index (κ2) is 6.37. The fourth-order valence-corrected chi connectivity index (χ4v) is 3.71. The van der Waals surface area contributed by atoms with Crippen LogP contribution in [0.4, 0.5) is 0 Å². The lowest BCUT2D eigenvalue weighted by atomic mass is 10.1. The minimum absolute atomic E-state index is 0.235. The summed E-state index contributed by atoms with van der Waals surface area (Å²) >= 11 is 10.3. The summed E-state index contributed by atoms with van der Waals surface area (Å²) in [5.74, 6) is 0. The van der Waals surface area contributed by atoms with E-state index in [0.29, 0.717) is 0 Å². The molecule has 1 N–H and O–H groups in total. The summed E-state index contributed by atoms with van der Waals surface area (Å²) in [6.45, 7) is 5.20. The normalized spacial score (nSPS) is 12.7. The van der Waals surface area contributed by atoms with E-state index in [9.17, 15) is 0 Å². The third-order valence-corrected chi connectivity index (χ3v) is 5.01. The summed E-state index contributed by atoms with van der Waals surface area (Å²) in [5.41, 5.74) is 1.26. The van der Waals surface area contributed by atoms with E-state index < -0.39 is 0 Å². The standard InChI is InChI=1S/C14H15ClINS/c1-3-17-14(13-7-4-9(2)18-13)11-8-10(15)5-6-12(11)16/h4-8,14,17H,3H2,1-2H3. The molecule has 0 fully saturated rings. The van der Waals surface area contributed by atoms with Crippen molar-refractivity contribution in [2.45, 2.75) is 19.9 Å². The van der Waals surface area contributed by atoms with Crippen molar-refractivity contribution < 1.29 is 0 Å². The molecule has 1 aromatic carbocycles. The first-order valence-corrected chi connectivity index (χ1v) is 8.13. The molecule has 2 aromatic rings. The minimum Gasteiger partial charge on any atom is -0.306 e. The van der Waals surface area contributed by atoms with Gasteiger partial charge in [0.1, 0.15) is 0 Å². The van der Waals surface area contributed by atoms with Crippen LogP contribution >= 0.6 is 45.5 Å². The molecule has 0 saturated heterocycles. The smallest absolute Gasteiger partial charge is 0.0681 e. The van der Waals surface area contributed by atoms with Crippen LogP contribution in [-0.2, 0) is 0 Å². The van der Waals surface area contributed by atoms with Crippen LogP contribution in [-0.4, -0.2) is 6.54 Å². The van der Waals surface area contributed by atoms with Gasteiger partial charge in [-0.25, -0.2) is 0 Å². The molecule has 1 nitrogen and oxygen atoms in total. The highest BCUT2D eigenvalue weighted by Crippen LogP contribution is 2.32. The van der Waals surface area contributed by atoms with E-state index >= 15 is 0 Å². The lowest BCUT2D eigenvalue weighted by molar-refractivity contribution is 0.637. The van der Waals surface area contributed by atoms with E-state index in [4.69, 9.17) is 11.6 Å². The summed E-state index contributed by atoms with van der Waals surface area (Å²) in [4.78, 5) is 2.68. The second-order valence-electron chi connectivity index (χ2n) is 4.10. The molecule has 0 radical (unpaired) electrons. The van der Waals surface area contributed by atoms with E-state index in [0.717, 1.165) is 11.6 Å². The Kier molecular flexibility index (Phi) is 5.06. The van der Waals surface area contributed by atoms with Crippen LogP contribution in [0.5, 0.6) is 0 Å². The first kappa shape index (κ1) is 14.3. The maximum atomic E-state index is 6.13. The maximum absolute atomic E-state index is 6.13. The average molecular weight is 392 g/mol. The van der Waals surface area contributed by atoms with E-state index in [1.807, 2.05) is 17.4 Å². The van der Waals surface area contributed by atoms with Crippen LogP contribution in [0.25, 0.3) is 0 Å². The van der Waals surface area contributed by atoms with Crippen molar-refractivity contribution in [1.29, 1.82) is 0 Å². The summed E-state index contributed by atoms with van der Waals surface area (Å²) in [7, 11) is 0. The van der Waals surface area contributed by atoms with E-state index in [-0.39, 0.29) is 6.04 Å². The van der Waals surface area contributed by atoms with Gasteiger partial charge in [-0.15, -0.1) is 11.3 Å². The van der Waals surface area contributed by atoms with Gasteiger partial charge in [-0.05, 0) is 72.0 Å². The van der Waals surface area contributed by atoms with Crippen LogP contribution in [0.3, 0.4) is 0 Å². The number of halogens is 2. The Morgan fingerprint density at radius 1 is 1.33 bits per heavy atom. The number of hydrogen-bond acceptors (Lipinski definition) is 2. The van der Waals surface area contributed by atoms with Gasteiger partial charge in [-0.2, -0.15) is 0 Å². The highest BCUT2D eigenvalue weighted by molar-refractivity contribution is 14.1. The maximum Gasteiger partial charge on any atom is 0.0681 e. The summed E-state index contributed by atoms with van der Waals surface area (Å²) in [5, 5.41) is 4.34. The highest BCUT2D eigenvalue weighted by atomic mass is 127. The highest BCUT2D eigenvalue weighted by Gasteiger charge is 2.17. The van der Waals surface area contributed by atoms with Gasteiger partial charge in [0, 0.05) is 18.3 Å². The number of thiophene rings is 1. The SMILES string of the molecule is CCNC(c1ccc(C)s1)c1cc(Cl)ccc1I. The Morgan fingerprint density at radius 2 is 2.11 bits per heavy atom. The number of nitrogens with one attached hydrogen (secondary N) is 1. The molecular weight excluding hydrogens is 377 g/mol. The van der Waals surface area contributed by atoms with Crippen LogP contribution in [0, 0.1) is 10.5 Å². The molecule has 0 aliphatic carbocycles. The first-order chi connectivity index (χ1) is 8.61. The molecule has 0 aliphatic rings. The van der Waals surface area contributed by atoms with Gasteiger partial charge in [0.05, 0.1) is 6.04 Å². The summed E-state index contributed by atoms with van der Waals surface area (Å²) < 4.78 is 1.24. The van der Waals surface area contributed by atoms with E-state index in [1.54, 1.807) is 0 Å². The molecule has 0 spiro atoms. The molecule has 1 atom stereocenters. The number of aryl methyl sites for hydroxylation is 1. The van der Waals surface area contributed by atoms with E-state index in [1.165, 1.54) is 18.9 Å². The van der Waals surface area contributed by atoms with Crippen molar-refractivity contribution in [2.24, 2.45) is 0 Å². The minimum atomic E-state index is 0.235. The molecule has 4 heteroatoms. The third-order valence-electron chi connectivity index (χ3n) is 2.72. The molecule has 18 heavy (non-hydrogen) atoms. The molecule has 0 saturated carbocycles. The van der Waals surface area contributed by atoms with Crippen molar-refractivity contribution in [3.05, 3.63) is 54.2 Å². The van der Waals surface area contributed by atoms with Crippen molar-refractivity contribution in [3.63, 3.8) is 0 Å².